The molecule has 0 spiro atoms. The third-order valence-electron chi connectivity index (χ3n) is 5.02. The Kier molecular flexibility index (Phi) is 5.29. The maximum absolute atomic E-state index is 13.8. The lowest BCUT2D eigenvalue weighted by molar-refractivity contribution is -0.148. The lowest BCUT2D eigenvalue weighted by Crippen LogP contribution is -2.49. The van der Waals surface area contributed by atoms with E-state index in [-0.39, 0.29) is 12.5 Å². The summed E-state index contributed by atoms with van der Waals surface area (Å²) in [6, 6.07) is 26.5. The Morgan fingerprint density at radius 1 is 0.897 bits per heavy atom. The average molecular weight is 387 g/mol. The maximum Gasteiger partial charge on any atom is 0.348 e. The van der Waals surface area contributed by atoms with Crippen LogP contribution in [0.1, 0.15) is 17.0 Å². The number of benzene rings is 3. The molecular weight excluding hydrogens is 366 g/mol. The summed E-state index contributed by atoms with van der Waals surface area (Å²) in [7, 11) is 1.31. The summed E-state index contributed by atoms with van der Waals surface area (Å²) >= 11 is 0. The summed E-state index contributed by atoms with van der Waals surface area (Å²) in [5, 5.41) is 0. The van der Waals surface area contributed by atoms with Crippen molar-refractivity contribution in [3.63, 3.8) is 0 Å². The number of ether oxygens (including phenoxy) is 2. The number of carbonyl (C=O) groups is 2. The van der Waals surface area contributed by atoms with E-state index in [1.807, 2.05) is 78.9 Å². The van der Waals surface area contributed by atoms with Gasteiger partial charge in [-0.15, -0.1) is 0 Å². The number of para-hydroxylation sites is 2. The van der Waals surface area contributed by atoms with Crippen molar-refractivity contribution < 1.29 is 19.1 Å². The van der Waals surface area contributed by atoms with Gasteiger partial charge in [-0.2, -0.15) is 0 Å². The Morgan fingerprint density at radius 3 is 2.03 bits per heavy atom. The molecule has 0 saturated heterocycles. The lowest BCUT2D eigenvalue weighted by Gasteiger charge is -2.35. The van der Waals surface area contributed by atoms with E-state index < -0.39 is 18.0 Å². The van der Waals surface area contributed by atoms with Crippen LogP contribution < -0.4 is 9.64 Å². The zero-order valence-electron chi connectivity index (χ0n) is 16.0. The van der Waals surface area contributed by atoms with Crippen molar-refractivity contribution in [3.8, 4) is 5.75 Å². The predicted molar refractivity (Wildman–Crippen MR) is 110 cm³/mol. The van der Waals surface area contributed by atoms with Gasteiger partial charge in [0.15, 0.2) is 0 Å². The molecular formula is C24H21NO4. The molecule has 0 unspecified atom stereocenters. The Morgan fingerprint density at radius 2 is 1.45 bits per heavy atom. The fraction of sp³-hybridized carbons (Fsp3) is 0.167. The van der Waals surface area contributed by atoms with E-state index >= 15 is 0 Å². The molecule has 5 heteroatoms. The monoisotopic (exact) mass is 387 g/mol. The molecule has 5 nitrogen and oxygen atoms in total. The molecule has 1 heterocycles. The quantitative estimate of drug-likeness (QED) is 0.639. The van der Waals surface area contributed by atoms with Crippen LogP contribution in [0.25, 0.3) is 0 Å². The first-order chi connectivity index (χ1) is 14.2. The van der Waals surface area contributed by atoms with Gasteiger partial charge < -0.3 is 14.4 Å². The number of nitrogens with zero attached hydrogens (tertiary/aromatic N) is 1. The Bertz CT molecular complexity index is 964. The van der Waals surface area contributed by atoms with Crippen LogP contribution >= 0.6 is 0 Å². The number of methoxy groups -OCH3 is 1. The summed E-state index contributed by atoms with van der Waals surface area (Å²) in [4.78, 5) is 27.6. The van der Waals surface area contributed by atoms with Crippen LogP contribution in [0.4, 0.5) is 5.69 Å². The number of rotatable bonds is 4. The third-order valence-corrected chi connectivity index (χ3v) is 5.02. The number of anilines is 1. The fourth-order valence-corrected chi connectivity index (χ4v) is 3.62. The molecule has 3 aromatic carbocycles. The number of esters is 1. The van der Waals surface area contributed by atoms with Crippen molar-refractivity contribution in [3.05, 3.63) is 96.1 Å². The van der Waals surface area contributed by atoms with Crippen LogP contribution in [0.15, 0.2) is 84.9 Å². The summed E-state index contributed by atoms with van der Waals surface area (Å²) in [5.74, 6) is -0.635. The number of fused-ring (bicyclic) bond motifs is 1. The van der Waals surface area contributed by atoms with Crippen LogP contribution in [0.5, 0.6) is 5.75 Å². The Balaban J connectivity index is 1.78. The summed E-state index contributed by atoms with van der Waals surface area (Å²) in [6.07, 6.45) is -0.869. The van der Waals surface area contributed by atoms with E-state index in [0.717, 1.165) is 11.1 Å². The van der Waals surface area contributed by atoms with E-state index in [1.165, 1.54) is 7.11 Å². The second kappa shape index (κ2) is 8.19. The van der Waals surface area contributed by atoms with E-state index in [0.29, 0.717) is 11.4 Å². The highest BCUT2D eigenvalue weighted by molar-refractivity contribution is 6.02. The van der Waals surface area contributed by atoms with Gasteiger partial charge in [0.25, 0.3) is 0 Å². The SMILES string of the molecule is COC(=O)[C@H]1CN(C(=O)C(c2ccccc2)c2ccccc2)c2ccccc2O1. The number of carbonyl (C=O) groups excluding carboxylic acids is 2. The van der Waals surface area contributed by atoms with E-state index in [9.17, 15) is 9.59 Å². The highest BCUT2D eigenvalue weighted by Crippen LogP contribution is 2.37. The molecule has 0 bridgehead atoms. The molecule has 3 aromatic rings. The first kappa shape index (κ1) is 18.7. The van der Waals surface area contributed by atoms with Crippen LogP contribution in [0.2, 0.25) is 0 Å². The van der Waals surface area contributed by atoms with Crippen molar-refractivity contribution >= 4 is 17.6 Å². The minimum atomic E-state index is -0.869. The summed E-state index contributed by atoms with van der Waals surface area (Å²) < 4.78 is 10.6. The molecule has 0 aromatic heterocycles. The standard InChI is InChI=1S/C24H21NO4/c1-28-24(27)21-16-25(19-14-8-9-15-20(19)29-21)23(26)22(17-10-4-2-5-11-17)18-12-6-3-7-13-18/h2-15,21-22H,16H2,1H3/t21-/m1/s1. The lowest BCUT2D eigenvalue weighted by atomic mass is 9.89. The van der Waals surface area contributed by atoms with Crippen molar-refractivity contribution in [2.45, 2.75) is 12.0 Å². The zero-order chi connectivity index (χ0) is 20.2. The van der Waals surface area contributed by atoms with Crippen LogP contribution in [-0.2, 0) is 14.3 Å². The van der Waals surface area contributed by atoms with Gasteiger partial charge in [0.1, 0.15) is 5.75 Å². The number of amides is 1. The molecule has 1 amide bonds. The van der Waals surface area contributed by atoms with Gasteiger partial charge in [-0.1, -0.05) is 72.8 Å². The average Bonchev–Trinajstić information content (AvgIpc) is 2.79. The van der Waals surface area contributed by atoms with Gasteiger partial charge in [-0.3, -0.25) is 4.79 Å². The van der Waals surface area contributed by atoms with E-state index in [4.69, 9.17) is 9.47 Å². The van der Waals surface area contributed by atoms with Gasteiger partial charge in [0.2, 0.25) is 12.0 Å². The van der Waals surface area contributed by atoms with Gasteiger partial charge in [0.05, 0.1) is 25.3 Å². The topological polar surface area (TPSA) is 55.8 Å². The number of hydrogen-bond acceptors (Lipinski definition) is 4. The van der Waals surface area contributed by atoms with E-state index in [1.54, 1.807) is 11.0 Å². The summed E-state index contributed by atoms with van der Waals surface area (Å²) in [5.41, 5.74) is 2.43. The zero-order valence-corrected chi connectivity index (χ0v) is 16.0. The Hall–Kier alpha value is -3.60. The minimum Gasteiger partial charge on any atom is -0.475 e. The first-order valence-corrected chi connectivity index (χ1v) is 9.44. The number of hydrogen-bond donors (Lipinski definition) is 0. The van der Waals surface area contributed by atoms with Crippen molar-refractivity contribution in [2.75, 3.05) is 18.6 Å². The molecule has 29 heavy (non-hydrogen) atoms. The minimum absolute atomic E-state index is 0.0959. The van der Waals surface area contributed by atoms with Crippen molar-refractivity contribution in [1.29, 1.82) is 0 Å². The molecule has 1 aliphatic rings. The largest absolute Gasteiger partial charge is 0.475 e. The van der Waals surface area contributed by atoms with Gasteiger partial charge in [-0.05, 0) is 23.3 Å². The van der Waals surface area contributed by atoms with Crippen LogP contribution in [-0.4, -0.2) is 31.6 Å². The maximum atomic E-state index is 13.8. The molecule has 1 aliphatic heterocycles. The van der Waals surface area contributed by atoms with E-state index in [2.05, 4.69) is 0 Å². The summed E-state index contributed by atoms with van der Waals surface area (Å²) in [6.45, 7) is 0.0959. The van der Waals surface area contributed by atoms with Crippen molar-refractivity contribution in [1.82, 2.24) is 0 Å². The smallest absolute Gasteiger partial charge is 0.348 e. The molecule has 1 atom stereocenters. The molecule has 146 valence electrons. The first-order valence-electron chi connectivity index (χ1n) is 9.44. The molecule has 0 saturated carbocycles. The van der Waals surface area contributed by atoms with Crippen molar-refractivity contribution in [2.24, 2.45) is 0 Å². The third kappa shape index (κ3) is 3.72. The molecule has 0 N–H and O–H groups in total. The molecule has 0 fully saturated rings. The van der Waals surface area contributed by atoms with Crippen LogP contribution in [0.3, 0.4) is 0 Å². The van der Waals surface area contributed by atoms with Gasteiger partial charge in [0, 0.05) is 0 Å². The van der Waals surface area contributed by atoms with Crippen LogP contribution in [0, 0.1) is 0 Å². The molecule has 4 rings (SSSR count). The Labute approximate surface area is 169 Å². The molecule has 0 radical (unpaired) electrons. The molecule has 0 aliphatic carbocycles. The van der Waals surface area contributed by atoms with Gasteiger partial charge in [-0.25, -0.2) is 4.79 Å². The second-order valence-electron chi connectivity index (χ2n) is 6.80. The fourth-order valence-electron chi connectivity index (χ4n) is 3.62. The second-order valence-corrected chi connectivity index (χ2v) is 6.80. The highest BCUT2D eigenvalue weighted by atomic mass is 16.6. The highest BCUT2D eigenvalue weighted by Gasteiger charge is 2.37. The predicted octanol–water partition coefficient (Wildman–Crippen LogP) is 3.79. The normalized spacial score (nSPS) is 15.4. The van der Waals surface area contributed by atoms with Gasteiger partial charge >= 0.3 is 5.97 Å².